The molecule has 1 saturated heterocycles. The highest BCUT2D eigenvalue weighted by molar-refractivity contribution is 6.04. The summed E-state index contributed by atoms with van der Waals surface area (Å²) in [7, 11) is 7.66. The Bertz CT molecular complexity index is 1500. The molecule has 1 aliphatic carbocycles. The minimum atomic E-state index is -0.356. The molecule has 0 amide bonds. The van der Waals surface area contributed by atoms with E-state index in [1.165, 1.54) is 6.07 Å². The number of rotatable bonds is 5. The van der Waals surface area contributed by atoms with Crippen LogP contribution in [0.3, 0.4) is 0 Å². The van der Waals surface area contributed by atoms with Gasteiger partial charge < -0.3 is 14.5 Å². The summed E-state index contributed by atoms with van der Waals surface area (Å²) in [4.78, 5) is 26.8. The van der Waals surface area contributed by atoms with Gasteiger partial charge in [-0.25, -0.2) is 14.2 Å². The van der Waals surface area contributed by atoms with Crippen LogP contribution in [0.4, 0.5) is 10.2 Å². The van der Waals surface area contributed by atoms with Gasteiger partial charge in [-0.3, -0.25) is 14.1 Å². The number of aryl methyl sites for hydroxylation is 1. The zero-order valence-electron chi connectivity index (χ0n) is 21.1. The largest absolute Gasteiger partial charge is 0.381 e. The fraction of sp³-hybridized carbons (Fsp3) is 0.444. The Labute approximate surface area is 208 Å². The van der Waals surface area contributed by atoms with Gasteiger partial charge in [0.15, 0.2) is 0 Å². The second-order valence-electron chi connectivity index (χ2n) is 10.3. The molecule has 0 N–H and O–H groups in total. The summed E-state index contributed by atoms with van der Waals surface area (Å²) < 4.78 is 24.2. The van der Waals surface area contributed by atoms with Crippen LogP contribution in [0.1, 0.15) is 25.3 Å². The molecular formula is C27H31FN6O2. The maximum Gasteiger partial charge on any atom is 0.329 e. The van der Waals surface area contributed by atoms with E-state index in [1.807, 2.05) is 22.8 Å². The van der Waals surface area contributed by atoms with Gasteiger partial charge in [0.25, 0.3) is 0 Å². The summed E-state index contributed by atoms with van der Waals surface area (Å²) in [6, 6.07) is 7.73. The lowest BCUT2D eigenvalue weighted by molar-refractivity contribution is 0.00635. The third-order valence-corrected chi connectivity index (χ3v) is 8.05. The molecule has 0 radical (unpaired) electrons. The Balaban J connectivity index is 1.42. The number of benzene rings is 1. The smallest absolute Gasteiger partial charge is 0.329 e. The maximum absolute atomic E-state index is 15.3. The molecule has 8 nitrogen and oxygen atoms in total. The van der Waals surface area contributed by atoms with Crippen LogP contribution < -0.4 is 10.6 Å². The van der Waals surface area contributed by atoms with Crippen molar-refractivity contribution in [2.75, 3.05) is 39.2 Å². The third kappa shape index (κ3) is 3.60. The number of halogens is 1. The molecule has 0 spiro atoms. The number of hydrogen-bond donors (Lipinski definition) is 0. The highest BCUT2D eigenvalue weighted by atomic mass is 19.1. The Hall–Kier alpha value is -3.30. The lowest BCUT2D eigenvalue weighted by Gasteiger charge is -2.34. The number of hydrogen-bond acceptors (Lipinski definition) is 6. The molecule has 36 heavy (non-hydrogen) atoms. The molecule has 0 bridgehead atoms. The zero-order valence-corrected chi connectivity index (χ0v) is 21.1. The maximum atomic E-state index is 15.3. The van der Waals surface area contributed by atoms with Crippen molar-refractivity contribution in [3.8, 4) is 11.1 Å². The van der Waals surface area contributed by atoms with E-state index in [1.54, 1.807) is 31.1 Å². The molecule has 4 aromatic rings. The molecule has 6 rings (SSSR count). The van der Waals surface area contributed by atoms with Crippen LogP contribution in [0.15, 0.2) is 41.5 Å². The van der Waals surface area contributed by atoms with E-state index < -0.39 is 0 Å². The molecule has 2 aliphatic rings. The van der Waals surface area contributed by atoms with E-state index in [2.05, 4.69) is 33.9 Å². The minimum Gasteiger partial charge on any atom is -0.381 e. The van der Waals surface area contributed by atoms with Gasteiger partial charge in [-0.15, -0.1) is 0 Å². The van der Waals surface area contributed by atoms with Crippen molar-refractivity contribution >= 4 is 27.8 Å². The number of imidazole rings is 1. The average molecular weight is 491 g/mol. The second-order valence-corrected chi connectivity index (χ2v) is 10.3. The van der Waals surface area contributed by atoms with Gasteiger partial charge in [0.2, 0.25) is 0 Å². The highest BCUT2D eigenvalue weighted by Gasteiger charge is 2.34. The van der Waals surface area contributed by atoms with Crippen molar-refractivity contribution < 1.29 is 9.13 Å². The number of ether oxygens (including phenoxy) is 1. The lowest BCUT2D eigenvalue weighted by Crippen LogP contribution is -2.37. The molecule has 3 aromatic heterocycles. The van der Waals surface area contributed by atoms with Gasteiger partial charge in [0.1, 0.15) is 11.6 Å². The number of fused-ring (bicyclic) bond motifs is 3. The number of methoxy groups -OCH3 is 1. The molecule has 1 aliphatic heterocycles. The molecule has 0 unspecified atom stereocenters. The first-order valence-corrected chi connectivity index (χ1v) is 12.5. The van der Waals surface area contributed by atoms with E-state index in [0.29, 0.717) is 22.7 Å². The fourth-order valence-corrected chi connectivity index (χ4v) is 5.65. The van der Waals surface area contributed by atoms with Crippen molar-refractivity contribution in [2.45, 2.75) is 37.5 Å². The molecule has 1 saturated carbocycles. The number of likely N-dealkylation sites (N-methyl/N-ethyl adjacent to an activating group) is 1. The van der Waals surface area contributed by atoms with Gasteiger partial charge in [-0.2, -0.15) is 0 Å². The predicted molar refractivity (Wildman–Crippen MR) is 139 cm³/mol. The molecular weight excluding hydrogens is 459 g/mol. The Morgan fingerprint density at radius 1 is 1.14 bits per heavy atom. The first-order valence-electron chi connectivity index (χ1n) is 12.5. The average Bonchev–Trinajstić information content (AvgIpc) is 3.43. The van der Waals surface area contributed by atoms with Crippen LogP contribution in [-0.2, 0) is 11.8 Å². The first kappa shape index (κ1) is 23.1. The van der Waals surface area contributed by atoms with Gasteiger partial charge in [-0.05, 0) is 51.6 Å². The molecule has 188 valence electrons. The van der Waals surface area contributed by atoms with Gasteiger partial charge in [0.05, 0.1) is 28.9 Å². The van der Waals surface area contributed by atoms with Crippen molar-refractivity contribution in [3.63, 3.8) is 0 Å². The van der Waals surface area contributed by atoms with Crippen LogP contribution in [0.25, 0.3) is 33.1 Å². The van der Waals surface area contributed by atoms with Crippen LogP contribution in [0.2, 0.25) is 0 Å². The Kier molecular flexibility index (Phi) is 5.57. The Morgan fingerprint density at radius 3 is 2.61 bits per heavy atom. The molecule has 1 aromatic carbocycles. The van der Waals surface area contributed by atoms with E-state index in [9.17, 15) is 4.79 Å². The summed E-state index contributed by atoms with van der Waals surface area (Å²) in [5.41, 5.74) is 3.13. The van der Waals surface area contributed by atoms with Crippen LogP contribution in [0, 0.1) is 5.82 Å². The number of aromatic nitrogens is 4. The molecule has 9 heteroatoms. The second kappa shape index (κ2) is 8.67. The third-order valence-electron chi connectivity index (χ3n) is 8.05. The first-order chi connectivity index (χ1) is 17.4. The quantitative estimate of drug-likeness (QED) is 0.426. The summed E-state index contributed by atoms with van der Waals surface area (Å²) in [5, 5.41) is 0.764. The monoisotopic (exact) mass is 490 g/mol. The number of nitrogens with zero attached hydrogens (tertiary/aromatic N) is 6. The normalized spacial score (nSPS) is 22.2. The molecule has 4 heterocycles. The topological polar surface area (TPSA) is 68.4 Å². The fourth-order valence-electron chi connectivity index (χ4n) is 5.65. The summed E-state index contributed by atoms with van der Waals surface area (Å²) in [6.07, 6.45) is 6.22. The summed E-state index contributed by atoms with van der Waals surface area (Å²) in [6.45, 7) is 1.89. The summed E-state index contributed by atoms with van der Waals surface area (Å²) in [5.74, 6) is 0.550. The van der Waals surface area contributed by atoms with E-state index >= 15 is 4.39 Å². The molecule has 1 atom stereocenters. The van der Waals surface area contributed by atoms with Gasteiger partial charge in [-0.1, -0.05) is 0 Å². The highest BCUT2D eigenvalue weighted by Crippen LogP contribution is 2.38. The van der Waals surface area contributed by atoms with Crippen molar-refractivity contribution in [1.29, 1.82) is 0 Å². The van der Waals surface area contributed by atoms with Crippen molar-refractivity contribution in [1.82, 2.24) is 24.0 Å². The number of pyridine rings is 2. The van der Waals surface area contributed by atoms with E-state index in [4.69, 9.17) is 4.74 Å². The van der Waals surface area contributed by atoms with Crippen LogP contribution >= 0.6 is 0 Å². The number of anilines is 1. The molecule has 2 fully saturated rings. The SMILES string of the molecule is COC1CC(n2c(=O)n(C)c3cnc4cc(F)c(-c5ccc(N6CC[C@H](N(C)C)C6)nc5)cc4c32)C1. The zero-order chi connectivity index (χ0) is 25.1. The van der Waals surface area contributed by atoms with Crippen molar-refractivity contribution in [2.24, 2.45) is 7.05 Å². The summed E-state index contributed by atoms with van der Waals surface area (Å²) >= 11 is 0. The minimum absolute atomic E-state index is 0.0534. The lowest BCUT2D eigenvalue weighted by atomic mass is 9.89. The standard InChI is InChI=1S/C27H31FN6O2/c1-31(2)17-7-8-33(15-17)25-6-5-16(13-30-25)20-11-21-23(12-22(20)28)29-14-24-26(21)34(27(35)32(24)3)18-9-19(10-18)36-4/h5-6,11-14,17-19H,7-10,15H2,1-4H3/t17-,18?,19?/m0/s1. The Morgan fingerprint density at radius 2 is 1.94 bits per heavy atom. The van der Waals surface area contributed by atoms with Gasteiger partial charge in [0, 0.05) is 68.1 Å². The van der Waals surface area contributed by atoms with E-state index in [-0.39, 0.29) is 23.7 Å². The van der Waals surface area contributed by atoms with Gasteiger partial charge >= 0.3 is 5.69 Å². The van der Waals surface area contributed by atoms with E-state index in [0.717, 1.165) is 54.6 Å². The van der Waals surface area contributed by atoms with Crippen LogP contribution in [0.5, 0.6) is 0 Å². The van der Waals surface area contributed by atoms with Crippen LogP contribution in [-0.4, -0.2) is 70.4 Å². The predicted octanol–water partition coefficient (Wildman–Crippen LogP) is 3.58. The van der Waals surface area contributed by atoms with Crippen molar-refractivity contribution in [3.05, 3.63) is 53.0 Å².